The van der Waals surface area contributed by atoms with Gasteiger partial charge in [-0.2, -0.15) is 0 Å². The van der Waals surface area contributed by atoms with Crippen LogP contribution < -0.4 is 20.1 Å². The molecule has 2 N–H and O–H groups in total. The summed E-state index contributed by atoms with van der Waals surface area (Å²) in [6.07, 6.45) is 4.99. The Balaban J connectivity index is 1.44. The van der Waals surface area contributed by atoms with Crippen molar-refractivity contribution in [3.8, 4) is 11.5 Å². The van der Waals surface area contributed by atoms with Crippen LogP contribution in [0.3, 0.4) is 0 Å². The molecule has 2 aromatic carbocycles. The van der Waals surface area contributed by atoms with E-state index in [1.807, 2.05) is 62.4 Å². The van der Waals surface area contributed by atoms with E-state index in [9.17, 15) is 9.59 Å². The normalized spacial score (nSPS) is 23.4. The lowest BCUT2D eigenvalue weighted by atomic mass is 9.81. The molecule has 0 aromatic heterocycles. The van der Waals surface area contributed by atoms with Gasteiger partial charge in [-0.3, -0.25) is 9.59 Å². The highest BCUT2D eigenvalue weighted by Crippen LogP contribution is 2.48. The molecule has 0 spiro atoms. The van der Waals surface area contributed by atoms with Crippen LogP contribution in [-0.4, -0.2) is 25.0 Å². The largest absolute Gasteiger partial charge is 0.494 e. The Kier molecular flexibility index (Phi) is 6.26. The zero-order chi connectivity index (χ0) is 21.8. The summed E-state index contributed by atoms with van der Waals surface area (Å²) in [7, 11) is 0. The lowest BCUT2D eigenvalue weighted by Gasteiger charge is -2.26. The van der Waals surface area contributed by atoms with E-state index in [1.54, 1.807) is 0 Å². The van der Waals surface area contributed by atoms with Gasteiger partial charge in [-0.25, -0.2) is 0 Å². The van der Waals surface area contributed by atoms with Crippen LogP contribution >= 0.6 is 0 Å². The maximum absolute atomic E-state index is 13.1. The molecule has 2 aromatic rings. The highest BCUT2D eigenvalue weighted by atomic mass is 16.5. The summed E-state index contributed by atoms with van der Waals surface area (Å²) in [5.74, 6) is 0.689. The topological polar surface area (TPSA) is 76.7 Å². The van der Waals surface area contributed by atoms with E-state index in [1.165, 1.54) is 0 Å². The highest BCUT2D eigenvalue weighted by Gasteiger charge is 2.51. The van der Waals surface area contributed by atoms with Crippen molar-refractivity contribution >= 4 is 23.2 Å². The van der Waals surface area contributed by atoms with Gasteiger partial charge in [-0.05, 0) is 80.6 Å². The van der Waals surface area contributed by atoms with Crippen molar-refractivity contribution in [3.63, 3.8) is 0 Å². The van der Waals surface area contributed by atoms with Gasteiger partial charge in [0.15, 0.2) is 0 Å². The third kappa shape index (κ3) is 4.58. The Bertz CT molecular complexity index is 875. The molecule has 2 amide bonds. The number of carbonyl (C=O) groups is 2. The number of ether oxygens (including phenoxy) is 2. The summed E-state index contributed by atoms with van der Waals surface area (Å²) in [4.78, 5) is 26.3. The Hall–Kier alpha value is -3.28. The summed E-state index contributed by atoms with van der Waals surface area (Å²) >= 11 is 0. The summed E-state index contributed by atoms with van der Waals surface area (Å²) in [5, 5.41) is 5.97. The number of allylic oxidation sites excluding steroid dienone is 2. The zero-order valence-electron chi connectivity index (χ0n) is 17.8. The fourth-order valence-corrected chi connectivity index (χ4v) is 4.59. The van der Waals surface area contributed by atoms with Crippen LogP contribution in [0.4, 0.5) is 11.4 Å². The van der Waals surface area contributed by atoms with Crippen LogP contribution in [0.15, 0.2) is 60.7 Å². The number of hydrogen-bond donors (Lipinski definition) is 2. The first-order chi connectivity index (χ1) is 15.1. The van der Waals surface area contributed by atoms with Gasteiger partial charge in [0.2, 0.25) is 11.8 Å². The van der Waals surface area contributed by atoms with Gasteiger partial charge in [0.05, 0.1) is 25.0 Å². The van der Waals surface area contributed by atoms with Crippen LogP contribution in [0.1, 0.15) is 20.3 Å². The maximum atomic E-state index is 13.1. The van der Waals surface area contributed by atoms with E-state index in [4.69, 9.17) is 9.47 Å². The standard InChI is InChI=1S/C25H28N2O4/c1-3-30-20-11-7-18(8-12-20)26-24(28)22-16-5-6-17(15-16)23(22)25(29)27-19-9-13-21(14-10-19)31-4-2/h5-14,16-17,22-23H,3-4,15H2,1-2H3,(H,26,28)(H,27,29)/t16-,17-,22-,23+/m0/s1. The van der Waals surface area contributed by atoms with E-state index in [0.29, 0.717) is 24.6 Å². The third-order valence-corrected chi connectivity index (χ3v) is 5.93. The Morgan fingerprint density at radius 1 is 0.742 bits per heavy atom. The Morgan fingerprint density at radius 3 is 1.48 bits per heavy atom. The van der Waals surface area contributed by atoms with Crippen LogP contribution in [0.5, 0.6) is 11.5 Å². The van der Waals surface area contributed by atoms with Crippen molar-refractivity contribution in [2.24, 2.45) is 23.7 Å². The van der Waals surface area contributed by atoms with Crippen LogP contribution in [0.25, 0.3) is 0 Å². The van der Waals surface area contributed by atoms with Gasteiger partial charge < -0.3 is 20.1 Å². The van der Waals surface area contributed by atoms with Crippen molar-refractivity contribution in [2.45, 2.75) is 20.3 Å². The predicted molar refractivity (Wildman–Crippen MR) is 120 cm³/mol. The molecule has 0 saturated heterocycles. The Labute approximate surface area is 182 Å². The summed E-state index contributed by atoms with van der Waals surface area (Å²) in [5.41, 5.74) is 1.40. The molecule has 2 aliphatic rings. The van der Waals surface area contributed by atoms with E-state index >= 15 is 0 Å². The van der Waals surface area contributed by atoms with E-state index in [-0.39, 0.29) is 35.5 Å². The highest BCUT2D eigenvalue weighted by molar-refractivity contribution is 6.01. The minimum atomic E-state index is -0.385. The van der Waals surface area contributed by atoms with Crippen molar-refractivity contribution in [3.05, 3.63) is 60.7 Å². The smallest absolute Gasteiger partial charge is 0.228 e. The van der Waals surface area contributed by atoms with Gasteiger partial charge in [0.25, 0.3) is 0 Å². The van der Waals surface area contributed by atoms with Crippen LogP contribution in [-0.2, 0) is 9.59 Å². The van der Waals surface area contributed by atoms with Gasteiger partial charge in [-0.15, -0.1) is 0 Å². The van der Waals surface area contributed by atoms with Crippen molar-refractivity contribution < 1.29 is 19.1 Å². The second-order valence-electron chi connectivity index (χ2n) is 7.89. The molecule has 4 atom stereocenters. The minimum Gasteiger partial charge on any atom is -0.494 e. The molecule has 6 nitrogen and oxygen atoms in total. The second-order valence-corrected chi connectivity index (χ2v) is 7.89. The molecule has 4 rings (SSSR count). The molecule has 162 valence electrons. The number of amides is 2. The number of carbonyl (C=O) groups excluding carboxylic acids is 2. The summed E-state index contributed by atoms with van der Waals surface area (Å²) < 4.78 is 10.9. The molecule has 0 radical (unpaired) electrons. The monoisotopic (exact) mass is 420 g/mol. The lowest BCUT2D eigenvalue weighted by molar-refractivity contribution is -0.129. The fraction of sp³-hybridized carbons (Fsp3) is 0.360. The summed E-state index contributed by atoms with van der Waals surface area (Å²) in [6, 6.07) is 14.6. The quantitative estimate of drug-likeness (QED) is 0.617. The number of fused-ring (bicyclic) bond motifs is 2. The minimum absolute atomic E-state index is 0.0868. The number of nitrogens with one attached hydrogen (secondary N) is 2. The zero-order valence-corrected chi connectivity index (χ0v) is 17.8. The van der Waals surface area contributed by atoms with Gasteiger partial charge in [0, 0.05) is 11.4 Å². The number of anilines is 2. The molecule has 31 heavy (non-hydrogen) atoms. The fourth-order valence-electron chi connectivity index (χ4n) is 4.59. The average Bonchev–Trinajstić information content (AvgIpc) is 3.39. The van der Waals surface area contributed by atoms with Crippen molar-refractivity contribution in [1.29, 1.82) is 0 Å². The molecule has 6 heteroatoms. The molecule has 2 aliphatic carbocycles. The van der Waals surface area contributed by atoms with E-state index in [0.717, 1.165) is 17.9 Å². The molecule has 0 unspecified atom stereocenters. The first kappa shape index (κ1) is 21.0. The second kappa shape index (κ2) is 9.25. The molecule has 0 aliphatic heterocycles. The molecular formula is C25H28N2O4. The van der Waals surface area contributed by atoms with E-state index < -0.39 is 0 Å². The first-order valence-electron chi connectivity index (χ1n) is 10.8. The van der Waals surface area contributed by atoms with Gasteiger partial charge >= 0.3 is 0 Å². The van der Waals surface area contributed by atoms with Crippen LogP contribution in [0, 0.1) is 23.7 Å². The Morgan fingerprint density at radius 2 is 1.13 bits per heavy atom. The molecule has 2 bridgehead atoms. The average molecular weight is 421 g/mol. The molecule has 1 fully saturated rings. The van der Waals surface area contributed by atoms with Gasteiger partial charge in [-0.1, -0.05) is 12.2 Å². The third-order valence-electron chi connectivity index (χ3n) is 5.93. The molecule has 0 heterocycles. The number of rotatable bonds is 8. The number of hydrogen-bond acceptors (Lipinski definition) is 4. The van der Waals surface area contributed by atoms with Crippen LogP contribution in [0.2, 0.25) is 0 Å². The molecular weight excluding hydrogens is 392 g/mol. The molecule has 1 saturated carbocycles. The van der Waals surface area contributed by atoms with Gasteiger partial charge in [0.1, 0.15) is 11.5 Å². The van der Waals surface area contributed by atoms with Crippen molar-refractivity contribution in [1.82, 2.24) is 0 Å². The maximum Gasteiger partial charge on any atom is 0.228 e. The number of benzene rings is 2. The predicted octanol–water partition coefficient (Wildman–Crippen LogP) is 4.50. The van der Waals surface area contributed by atoms with Crippen molar-refractivity contribution in [2.75, 3.05) is 23.8 Å². The lowest BCUT2D eigenvalue weighted by Crippen LogP contribution is -2.39. The summed E-state index contributed by atoms with van der Waals surface area (Å²) in [6.45, 7) is 5.04. The van der Waals surface area contributed by atoms with E-state index in [2.05, 4.69) is 22.8 Å². The first-order valence-corrected chi connectivity index (χ1v) is 10.8. The SMILES string of the molecule is CCOc1ccc(NC(=O)[C@@H]2[C@H](C(=O)Nc3ccc(OCC)cc3)[C@H]3C=C[C@H]2C3)cc1.